The Bertz CT molecular complexity index is 428. The first-order chi connectivity index (χ1) is 8.21. The maximum absolute atomic E-state index is 12.1. The van der Waals surface area contributed by atoms with E-state index in [1.165, 1.54) is 5.06 Å². The lowest BCUT2D eigenvalue weighted by molar-refractivity contribution is -0.188. The number of nitrogens with zero attached hydrogens (tertiary/aromatic N) is 1. The van der Waals surface area contributed by atoms with Gasteiger partial charge in [0.1, 0.15) is 5.60 Å². The minimum atomic E-state index is -1.16. The molecule has 1 saturated carbocycles. The van der Waals surface area contributed by atoms with Crippen LogP contribution in [0, 0.1) is 0 Å². The van der Waals surface area contributed by atoms with Crippen molar-refractivity contribution in [2.75, 3.05) is 6.61 Å². The molecule has 1 N–H and O–H groups in total. The number of hydrogen-bond donors (Lipinski definition) is 1. The molecule has 0 spiro atoms. The van der Waals surface area contributed by atoms with E-state index in [0.717, 1.165) is 12.0 Å². The lowest BCUT2D eigenvalue weighted by Crippen LogP contribution is -2.39. The van der Waals surface area contributed by atoms with Gasteiger partial charge in [-0.3, -0.25) is 9.63 Å². The molecule has 1 aliphatic carbocycles. The maximum atomic E-state index is 12.1. The van der Waals surface area contributed by atoms with E-state index in [-0.39, 0.29) is 11.9 Å². The zero-order chi connectivity index (χ0) is 11.9. The van der Waals surface area contributed by atoms with E-state index in [1.54, 1.807) is 0 Å². The molecule has 17 heavy (non-hydrogen) atoms. The fraction of sp³-hybridized carbons (Fsp3) is 0.462. The maximum Gasteiger partial charge on any atom is 0.278 e. The molecule has 1 aromatic rings. The minimum Gasteiger partial charge on any atom is -0.380 e. The Morgan fingerprint density at radius 2 is 2.06 bits per heavy atom. The van der Waals surface area contributed by atoms with Crippen molar-refractivity contribution < 1.29 is 14.7 Å². The van der Waals surface area contributed by atoms with E-state index in [4.69, 9.17) is 4.84 Å². The fourth-order valence-electron chi connectivity index (χ4n) is 2.18. The molecule has 1 amide bonds. The molecule has 1 atom stereocenters. The highest BCUT2D eigenvalue weighted by Gasteiger charge is 2.53. The average molecular weight is 233 g/mol. The second-order valence-electron chi connectivity index (χ2n) is 4.71. The topological polar surface area (TPSA) is 49.8 Å². The van der Waals surface area contributed by atoms with Gasteiger partial charge in [-0.15, -0.1) is 0 Å². The van der Waals surface area contributed by atoms with E-state index in [9.17, 15) is 9.90 Å². The predicted molar refractivity (Wildman–Crippen MR) is 60.8 cm³/mol. The molecule has 2 aliphatic rings. The van der Waals surface area contributed by atoms with E-state index in [2.05, 4.69) is 0 Å². The second-order valence-corrected chi connectivity index (χ2v) is 4.71. The third-order valence-electron chi connectivity index (χ3n) is 3.41. The Balaban J connectivity index is 1.83. The van der Waals surface area contributed by atoms with Crippen LogP contribution in [-0.2, 0) is 9.63 Å². The summed E-state index contributed by atoms with van der Waals surface area (Å²) in [5, 5.41) is 11.2. The minimum absolute atomic E-state index is 0.0617. The standard InChI is InChI=1S/C13H15NO3/c15-12(13(16)7-8-13)14-11(6-9-17-14)10-4-2-1-3-5-10/h1-5,11,16H,6-9H2/t11-/m0/s1. The van der Waals surface area contributed by atoms with Gasteiger partial charge in [-0.2, -0.15) is 0 Å². The normalized spacial score (nSPS) is 25.9. The summed E-state index contributed by atoms with van der Waals surface area (Å²) in [7, 11) is 0. The predicted octanol–water partition coefficient (Wildman–Crippen LogP) is 1.42. The summed E-state index contributed by atoms with van der Waals surface area (Å²) in [5.41, 5.74) is -0.0974. The highest BCUT2D eigenvalue weighted by Crippen LogP contribution is 2.41. The Morgan fingerprint density at radius 3 is 2.71 bits per heavy atom. The first-order valence-corrected chi connectivity index (χ1v) is 5.95. The van der Waals surface area contributed by atoms with Crippen molar-refractivity contribution in [3.05, 3.63) is 35.9 Å². The average Bonchev–Trinajstić information content (AvgIpc) is 2.95. The van der Waals surface area contributed by atoms with E-state index in [1.807, 2.05) is 30.3 Å². The molecule has 90 valence electrons. The summed E-state index contributed by atoms with van der Waals surface area (Å²) < 4.78 is 0. The highest BCUT2D eigenvalue weighted by molar-refractivity contribution is 5.87. The summed E-state index contributed by atoms with van der Waals surface area (Å²) in [6.07, 6.45) is 1.88. The van der Waals surface area contributed by atoms with Gasteiger partial charge < -0.3 is 5.11 Å². The lowest BCUT2D eigenvalue weighted by Gasteiger charge is -2.24. The van der Waals surface area contributed by atoms with Crippen molar-refractivity contribution in [2.45, 2.75) is 30.9 Å². The van der Waals surface area contributed by atoms with E-state index < -0.39 is 5.60 Å². The Labute approximate surface area is 99.8 Å². The van der Waals surface area contributed by atoms with Crippen LogP contribution in [-0.4, -0.2) is 28.3 Å². The van der Waals surface area contributed by atoms with Crippen molar-refractivity contribution in [1.82, 2.24) is 5.06 Å². The second kappa shape index (κ2) is 3.82. The number of rotatable bonds is 2. The third kappa shape index (κ3) is 1.83. The van der Waals surface area contributed by atoms with Gasteiger partial charge in [0, 0.05) is 6.42 Å². The van der Waals surface area contributed by atoms with Gasteiger partial charge in [0.05, 0.1) is 12.6 Å². The van der Waals surface area contributed by atoms with Gasteiger partial charge in [0.2, 0.25) is 0 Å². The monoisotopic (exact) mass is 233 g/mol. The number of hydrogen-bond acceptors (Lipinski definition) is 3. The van der Waals surface area contributed by atoms with Crippen LogP contribution in [0.2, 0.25) is 0 Å². The zero-order valence-corrected chi connectivity index (χ0v) is 9.50. The summed E-state index contributed by atoms with van der Waals surface area (Å²) in [6, 6.07) is 9.74. The van der Waals surface area contributed by atoms with Gasteiger partial charge in [0.25, 0.3) is 5.91 Å². The van der Waals surface area contributed by atoms with Gasteiger partial charge in [0.15, 0.2) is 0 Å². The van der Waals surface area contributed by atoms with Crippen LogP contribution in [0.3, 0.4) is 0 Å². The number of hydroxylamine groups is 2. The van der Waals surface area contributed by atoms with Crippen LogP contribution in [0.25, 0.3) is 0 Å². The molecule has 0 bridgehead atoms. The largest absolute Gasteiger partial charge is 0.380 e. The first kappa shape index (κ1) is 10.7. The molecule has 3 rings (SSSR count). The molecule has 1 aromatic carbocycles. The number of carbonyl (C=O) groups is 1. The van der Waals surface area contributed by atoms with Crippen LogP contribution in [0.4, 0.5) is 0 Å². The number of carbonyl (C=O) groups excluding carboxylic acids is 1. The highest BCUT2D eigenvalue weighted by atomic mass is 16.7. The number of amides is 1. The van der Waals surface area contributed by atoms with Gasteiger partial charge in [-0.25, -0.2) is 5.06 Å². The third-order valence-corrected chi connectivity index (χ3v) is 3.41. The van der Waals surface area contributed by atoms with E-state index in [0.29, 0.717) is 19.4 Å². The van der Waals surface area contributed by atoms with Crippen LogP contribution < -0.4 is 0 Å². The molecule has 4 heteroatoms. The Morgan fingerprint density at radius 1 is 1.35 bits per heavy atom. The Kier molecular flexibility index (Phi) is 2.42. The lowest BCUT2D eigenvalue weighted by atomic mass is 10.0. The van der Waals surface area contributed by atoms with Crippen molar-refractivity contribution >= 4 is 5.91 Å². The Hall–Kier alpha value is -1.39. The van der Waals surface area contributed by atoms with Crippen LogP contribution in [0.15, 0.2) is 30.3 Å². The van der Waals surface area contributed by atoms with Crippen molar-refractivity contribution in [3.63, 3.8) is 0 Å². The smallest absolute Gasteiger partial charge is 0.278 e. The molecule has 0 radical (unpaired) electrons. The summed E-state index contributed by atoms with van der Waals surface area (Å²) in [4.78, 5) is 17.4. The molecular weight excluding hydrogens is 218 g/mol. The van der Waals surface area contributed by atoms with Crippen molar-refractivity contribution in [3.8, 4) is 0 Å². The molecule has 4 nitrogen and oxygen atoms in total. The van der Waals surface area contributed by atoms with E-state index >= 15 is 0 Å². The molecule has 2 fully saturated rings. The van der Waals surface area contributed by atoms with Crippen LogP contribution >= 0.6 is 0 Å². The molecular formula is C13H15NO3. The fourth-order valence-corrected chi connectivity index (χ4v) is 2.18. The van der Waals surface area contributed by atoms with Gasteiger partial charge in [-0.1, -0.05) is 30.3 Å². The van der Waals surface area contributed by atoms with Gasteiger partial charge in [-0.05, 0) is 18.4 Å². The number of aliphatic hydroxyl groups is 1. The molecule has 1 aliphatic heterocycles. The molecule has 1 saturated heterocycles. The van der Waals surface area contributed by atoms with Crippen molar-refractivity contribution in [1.29, 1.82) is 0 Å². The van der Waals surface area contributed by atoms with Crippen LogP contribution in [0.5, 0.6) is 0 Å². The molecule has 0 aromatic heterocycles. The summed E-state index contributed by atoms with van der Waals surface area (Å²) in [5.74, 6) is -0.288. The molecule has 0 unspecified atom stereocenters. The van der Waals surface area contributed by atoms with Gasteiger partial charge >= 0.3 is 0 Å². The summed E-state index contributed by atoms with van der Waals surface area (Å²) in [6.45, 7) is 0.529. The zero-order valence-electron chi connectivity index (χ0n) is 9.50. The number of benzene rings is 1. The summed E-state index contributed by atoms with van der Waals surface area (Å²) >= 11 is 0. The van der Waals surface area contributed by atoms with Crippen LogP contribution in [0.1, 0.15) is 30.9 Å². The molecule has 1 heterocycles. The SMILES string of the molecule is O=C(N1OCC[C@H]1c1ccccc1)C1(O)CC1. The quantitative estimate of drug-likeness (QED) is 0.840. The first-order valence-electron chi connectivity index (χ1n) is 5.95. The van der Waals surface area contributed by atoms with Crippen molar-refractivity contribution in [2.24, 2.45) is 0 Å².